The lowest BCUT2D eigenvalue weighted by atomic mass is 10.1. The number of methoxy groups -OCH3 is 2. The summed E-state index contributed by atoms with van der Waals surface area (Å²) in [6, 6.07) is 3.24. The van der Waals surface area contributed by atoms with Crippen LogP contribution in [0, 0.1) is 0 Å². The molecule has 1 heterocycles. The maximum Gasteiger partial charge on any atom is 0.183 e. The molecule has 19 heavy (non-hydrogen) atoms. The van der Waals surface area contributed by atoms with Gasteiger partial charge in [-0.2, -0.15) is 5.10 Å². The molecule has 0 atom stereocenters. The number of nitrogen functional groups attached to an aromatic ring is 1. The van der Waals surface area contributed by atoms with Crippen LogP contribution in [0.25, 0.3) is 11.3 Å². The molecule has 0 radical (unpaired) electrons. The molecule has 0 unspecified atom stereocenters. The van der Waals surface area contributed by atoms with E-state index in [4.69, 9.17) is 26.8 Å². The second kappa shape index (κ2) is 4.89. The lowest BCUT2D eigenvalue weighted by Gasteiger charge is -2.13. The summed E-state index contributed by atoms with van der Waals surface area (Å²) in [5.74, 6) is 1.02. The van der Waals surface area contributed by atoms with Gasteiger partial charge in [0.15, 0.2) is 11.5 Å². The van der Waals surface area contributed by atoms with Crippen molar-refractivity contribution in [2.45, 2.75) is 0 Å². The molecule has 0 aliphatic carbocycles. The molecule has 0 fully saturated rings. The van der Waals surface area contributed by atoms with Crippen LogP contribution in [0.1, 0.15) is 0 Å². The van der Waals surface area contributed by atoms with E-state index >= 15 is 0 Å². The van der Waals surface area contributed by atoms with Crippen molar-refractivity contribution in [2.75, 3.05) is 20.0 Å². The number of anilines is 1. The minimum Gasteiger partial charge on any atom is -0.506 e. The molecule has 0 spiro atoms. The molecule has 0 saturated heterocycles. The molecule has 7 heteroatoms. The Bertz CT molecular complexity index is 606. The summed E-state index contributed by atoms with van der Waals surface area (Å²) in [7, 11) is 4.64. The van der Waals surface area contributed by atoms with Gasteiger partial charge in [-0.05, 0) is 6.07 Å². The van der Waals surface area contributed by atoms with Crippen LogP contribution in [0.4, 0.5) is 5.82 Å². The second-order valence-electron chi connectivity index (χ2n) is 3.90. The standard InChI is InChI=1S/C12H14ClN3O3/c1-16-9(14)5-7(15-16)6-4-8(18-2)12(19-3)10(13)11(6)17/h4-5,17H,14H2,1-3H3. The molecule has 0 saturated carbocycles. The van der Waals surface area contributed by atoms with Gasteiger partial charge in [0.25, 0.3) is 0 Å². The van der Waals surface area contributed by atoms with Gasteiger partial charge in [-0.3, -0.25) is 4.68 Å². The van der Waals surface area contributed by atoms with Gasteiger partial charge >= 0.3 is 0 Å². The van der Waals surface area contributed by atoms with Crippen LogP contribution in [0.3, 0.4) is 0 Å². The van der Waals surface area contributed by atoms with E-state index in [1.54, 1.807) is 19.2 Å². The Labute approximate surface area is 115 Å². The minimum atomic E-state index is -0.127. The molecule has 6 nitrogen and oxygen atoms in total. The number of aryl methyl sites for hydroxylation is 1. The summed E-state index contributed by atoms with van der Waals surface area (Å²) in [4.78, 5) is 0. The van der Waals surface area contributed by atoms with E-state index in [0.29, 0.717) is 22.8 Å². The van der Waals surface area contributed by atoms with Crippen molar-refractivity contribution in [1.29, 1.82) is 0 Å². The third-order valence-corrected chi connectivity index (χ3v) is 3.13. The van der Waals surface area contributed by atoms with Crippen molar-refractivity contribution >= 4 is 17.4 Å². The predicted molar refractivity (Wildman–Crippen MR) is 72.8 cm³/mol. The average molecular weight is 284 g/mol. The minimum absolute atomic E-state index is 0.0704. The number of rotatable bonds is 3. The Morgan fingerprint density at radius 3 is 2.47 bits per heavy atom. The number of phenols is 1. The summed E-state index contributed by atoms with van der Waals surface area (Å²) in [5.41, 5.74) is 6.65. The van der Waals surface area contributed by atoms with Crippen molar-refractivity contribution in [1.82, 2.24) is 9.78 Å². The molecule has 1 aromatic heterocycles. The Hall–Kier alpha value is -2.08. The summed E-state index contributed by atoms with van der Waals surface area (Å²) in [6.07, 6.45) is 0. The van der Waals surface area contributed by atoms with Gasteiger partial charge in [-0.25, -0.2) is 0 Å². The van der Waals surface area contributed by atoms with Crippen molar-refractivity contribution in [2.24, 2.45) is 7.05 Å². The smallest absolute Gasteiger partial charge is 0.183 e. The van der Waals surface area contributed by atoms with E-state index in [9.17, 15) is 5.11 Å². The molecule has 102 valence electrons. The Morgan fingerprint density at radius 2 is 2.00 bits per heavy atom. The highest BCUT2D eigenvalue weighted by atomic mass is 35.5. The van der Waals surface area contributed by atoms with Gasteiger partial charge in [-0.15, -0.1) is 0 Å². The zero-order chi connectivity index (χ0) is 14.2. The fraction of sp³-hybridized carbons (Fsp3) is 0.250. The number of nitrogens with two attached hydrogens (primary N) is 1. The molecule has 2 aromatic rings. The van der Waals surface area contributed by atoms with Crippen LogP contribution < -0.4 is 15.2 Å². The van der Waals surface area contributed by atoms with Gasteiger partial charge in [-0.1, -0.05) is 11.6 Å². The van der Waals surface area contributed by atoms with Gasteiger partial charge < -0.3 is 20.3 Å². The highest BCUT2D eigenvalue weighted by Gasteiger charge is 2.20. The Kier molecular flexibility index (Phi) is 3.44. The molecule has 0 aliphatic heterocycles. The maximum atomic E-state index is 10.1. The molecule has 2 rings (SSSR count). The fourth-order valence-electron chi connectivity index (χ4n) is 1.75. The molecule has 0 aliphatic rings. The Balaban J connectivity index is 2.67. The molecule has 0 bridgehead atoms. The largest absolute Gasteiger partial charge is 0.506 e. The Morgan fingerprint density at radius 1 is 1.32 bits per heavy atom. The topological polar surface area (TPSA) is 82.5 Å². The highest BCUT2D eigenvalue weighted by Crippen LogP contribution is 2.46. The van der Waals surface area contributed by atoms with Crippen LogP contribution in [-0.2, 0) is 7.05 Å². The molecular formula is C12H14ClN3O3. The summed E-state index contributed by atoms with van der Waals surface area (Å²) >= 11 is 6.06. The predicted octanol–water partition coefficient (Wildman–Crippen LogP) is 2.05. The van der Waals surface area contributed by atoms with E-state index in [2.05, 4.69) is 5.10 Å². The first-order valence-corrected chi connectivity index (χ1v) is 5.80. The fourth-order valence-corrected chi connectivity index (χ4v) is 2.02. The molecular weight excluding hydrogens is 270 g/mol. The lowest BCUT2D eigenvalue weighted by molar-refractivity contribution is 0.352. The van der Waals surface area contributed by atoms with E-state index in [1.807, 2.05) is 0 Å². The number of halogens is 1. The molecule has 0 amide bonds. The van der Waals surface area contributed by atoms with Crippen molar-refractivity contribution in [3.63, 3.8) is 0 Å². The third-order valence-electron chi connectivity index (χ3n) is 2.78. The monoisotopic (exact) mass is 283 g/mol. The van der Waals surface area contributed by atoms with E-state index in [-0.39, 0.29) is 16.5 Å². The van der Waals surface area contributed by atoms with Crippen LogP contribution in [0.15, 0.2) is 12.1 Å². The first-order valence-electron chi connectivity index (χ1n) is 5.43. The number of aromatic nitrogens is 2. The van der Waals surface area contributed by atoms with Crippen molar-refractivity contribution in [3.8, 4) is 28.5 Å². The van der Waals surface area contributed by atoms with Crippen molar-refractivity contribution < 1.29 is 14.6 Å². The summed E-state index contributed by atoms with van der Waals surface area (Å²) in [6.45, 7) is 0. The van der Waals surface area contributed by atoms with Crippen LogP contribution >= 0.6 is 11.6 Å². The first-order chi connectivity index (χ1) is 8.99. The van der Waals surface area contributed by atoms with Crippen molar-refractivity contribution in [3.05, 3.63) is 17.2 Å². The quantitative estimate of drug-likeness (QED) is 0.901. The normalized spacial score (nSPS) is 10.5. The number of nitrogens with zero attached hydrogens (tertiary/aromatic N) is 2. The first kappa shape index (κ1) is 13.4. The molecule has 3 N–H and O–H groups in total. The zero-order valence-corrected chi connectivity index (χ0v) is 11.5. The van der Waals surface area contributed by atoms with Gasteiger partial charge in [0, 0.05) is 18.7 Å². The number of aromatic hydroxyl groups is 1. The van der Waals surface area contributed by atoms with E-state index < -0.39 is 0 Å². The van der Waals surface area contributed by atoms with E-state index in [1.165, 1.54) is 18.9 Å². The average Bonchev–Trinajstić information content (AvgIpc) is 2.72. The SMILES string of the molecule is COc1cc(-c2cc(N)n(C)n2)c(O)c(Cl)c1OC. The number of hydrogen-bond acceptors (Lipinski definition) is 5. The number of phenolic OH excluding ortho intramolecular Hbond substituents is 1. The maximum absolute atomic E-state index is 10.1. The number of ether oxygens (including phenoxy) is 2. The highest BCUT2D eigenvalue weighted by molar-refractivity contribution is 6.34. The van der Waals surface area contributed by atoms with Gasteiger partial charge in [0.1, 0.15) is 16.6 Å². The van der Waals surface area contributed by atoms with Crippen LogP contribution in [0.5, 0.6) is 17.2 Å². The van der Waals surface area contributed by atoms with E-state index in [0.717, 1.165) is 0 Å². The van der Waals surface area contributed by atoms with Crippen LogP contribution in [-0.4, -0.2) is 29.1 Å². The van der Waals surface area contributed by atoms with Crippen LogP contribution in [0.2, 0.25) is 5.02 Å². The number of hydrogen-bond donors (Lipinski definition) is 2. The molecule has 1 aromatic carbocycles. The van der Waals surface area contributed by atoms with Gasteiger partial charge in [0.05, 0.1) is 19.9 Å². The second-order valence-corrected chi connectivity index (χ2v) is 4.28. The zero-order valence-electron chi connectivity index (χ0n) is 10.8. The summed E-state index contributed by atoms with van der Waals surface area (Å²) in [5, 5.41) is 14.4. The summed E-state index contributed by atoms with van der Waals surface area (Å²) < 4.78 is 11.8. The lowest BCUT2D eigenvalue weighted by Crippen LogP contribution is -1.97. The number of benzene rings is 1. The van der Waals surface area contributed by atoms with Gasteiger partial charge in [0.2, 0.25) is 0 Å². The third kappa shape index (κ3) is 2.15.